The van der Waals surface area contributed by atoms with Gasteiger partial charge < -0.3 is 25.1 Å². The zero-order valence-corrected chi connectivity index (χ0v) is 14.5. The molecule has 3 rings (SSSR count). The van der Waals surface area contributed by atoms with Crippen molar-refractivity contribution in [3.63, 3.8) is 0 Å². The summed E-state index contributed by atoms with van der Waals surface area (Å²) >= 11 is 0. The van der Waals surface area contributed by atoms with E-state index in [4.69, 9.17) is 9.15 Å². The Morgan fingerprint density at radius 2 is 2.19 bits per heavy atom. The summed E-state index contributed by atoms with van der Waals surface area (Å²) < 4.78 is 10.6. The van der Waals surface area contributed by atoms with Gasteiger partial charge in [-0.25, -0.2) is 0 Å². The van der Waals surface area contributed by atoms with E-state index in [1.807, 2.05) is 0 Å². The van der Waals surface area contributed by atoms with Gasteiger partial charge in [0, 0.05) is 18.3 Å². The van der Waals surface area contributed by atoms with Gasteiger partial charge in [-0.15, -0.1) is 0 Å². The van der Waals surface area contributed by atoms with E-state index in [0.717, 1.165) is 25.9 Å². The van der Waals surface area contributed by atoms with E-state index in [-0.39, 0.29) is 24.2 Å². The highest BCUT2D eigenvalue weighted by Gasteiger charge is 2.14. The first-order valence-corrected chi connectivity index (χ1v) is 8.76. The summed E-state index contributed by atoms with van der Waals surface area (Å²) in [5, 5.41) is 8.95. The second-order valence-electron chi connectivity index (χ2n) is 6.26. The predicted molar refractivity (Wildman–Crippen MR) is 97.2 cm³/mol. The van der Waals surface area contributed by atoms with E-state index >= 15 is 0 Å². The number of ether oxygens (including phenoxy) is 1. The number of rotatable bonds is 7. The molecular weight excluding hydrogens is 334 g/mol. The Balaban J connectivity index is 1.44. The first-order chi connectivity index (χ1) is 12.7. The minimum Gasteiger partial charge on any atom is -0.484 e. The molecule has 0 spiro atoms. The molecule has 2 amide bonds. The van der Waals surface area contributed by atoms with Gasteiger partial charge >= 0.3 is 0 Å². The van der Waals surface area contributed by atoms with Crippen LogP contribution in [0.2, 0.25) is 0 Å². The summed E-state index contributed by atoms with van der Waals surface area (Å²) in [4.78, 5) is 23.9. The van der Waals surface area contributed by atoms with Crippen molar-refractivity contribution in [2.75, 3.05) is 31.6 Å². The van der Waals surface area contributed by atoms with Crippen LogP contribution in [0.1, 0.15) is 23.4 Å². The smallest absolute Gasteiger partial charge is 0.291 e. The summed E-state index contributed by atoms with van der Waals surface area (Å²) in [6, 6.07) is 10.1. The van der Waals surface area contributed by atoms with Crippen molar-refractivity contribution in [1.82, 2.24) is 10.6 Å². The van der Waals surface area contributed by atoms with Gasteiger partial charge in [-0.05, 0) is 56.1 Å². The first-order valence-electron chi connectivity index (χ1n) is 8.76. The molecule has 1 unspecified atom stereocenters. The van der Waals surface area contributed by atoms with Crippen LogP contribution in [0.4, 0.5) is 5.69 Å². The topological polar surface area (TPSA) is 92.6 Å². The highest BCUT2D eigenvalue weighted by molar-refractivity contribution is 6.02. The van der Waals surface area contributed by atoms with Gasteiger partial charge in [0.15, 0.2) is 12.4 Å². The Morgan fingerprint density at radius 1 is 1.27 bits per heavy atom. The van der Waals surface area contributed by atoms with Crippen molar-refractivity contribution >= 4 is 17.5 Å². The number of amides is 2. The summed E-state index contributed by atoms with van der Waals surface area (Å²) in [7, 11) is 0. The lowest BCUT2D eigenvalue weighted by atomic mass is 10.00. The highest BCUT2D eigenvalue weighted by Crippen LogP contribution is 2.18. The van der Waals surface area contributed by atoms with Crippen molar-refractivity contribution < 1.29 is 18.7 Å². The molecule has 0 radical (unpaired) electrons. The number of carbonyl (C=O) groups is 2. The van der Waals surface area contributed by atoms with E-state index in [1.54, 1.807) is 36.4 Å². The third-order valence-corrected chi connectivity index (χ3v) is 4.19. The largest absolute Gasteiger partial charge is 0.484 e. The lowest BCUT2D eigenvalue weighted by molar-refractivity contribution is -0.123. The molecule has 1 aromatic carbocycles. The highest BCUT2D eigenvalue weighted by atomic mass is 16.5. The molecule has 0 aliphatic carbocycles. The van der Waals surface area contributed by atoms with Crippen LogP contribution in [0.25, 0.3) is 0 Å². The fourth-order valence-electron chi connectivity index (χ4n) is 2.82. The summed E-state index contributed by atoms with van der Waals surface area (Å²) in [6.07, 6.45) is 3.72. The summed E-state index contributed by atoms with van der Waals surface area (Å²) in [6.45, 7) is 2.60. The number of carbonyl (C=O) groups excluding carboxylic acids is 2. The SMILES string of the molecule is O=C(COc1cccc(NC(=O)c2ccco2)c1)NCC1CCCNC1. The molecule has 2 aromatic rings. The van der Waals surface area contributed by atoms with Crippen LogP contribution >= 0.6 is 0 Å². The van der Waals surface area contributed by atoms with Crippen LogP contribution in [-0.2, 0) is 4.79 Å². The Bertz CT molecular complexity index is 724. The van der Waals surface area contributed by atoms with Crippen molar-refractivity contribution in [3.8, 4) is 5.75 Å². The minimum atomic E-state index is -0.342. The molecule has 1 fully saturated rings. The first kappa shape index (κ1) is 18.0. The zero-order valence-electron chi connectivity index (χ0n) is 14.5. The van der Waals surface area contributed by atoms with Gasteiger partial charge in [0.05, 0.1) is 6.26 Å². The second kappa shape index (κ2) is 9.05. The molecule has 1 aliphatic heterocycles. The van der Waals surface area contributed by atoms with Crippen molar-refractivity contribution in [3.05, 3.63) is 48.4 Å². The number of hydrogen-bond acceptors (Lipinski definition) is 5. The molecule has 138 valence electrons. The molecule has 1 aliphatic rings. The molecule has 0 saturated carbocycles. The van der Waals surface area contributed by atoms with E-state index in [2.05, 4.69) is 16.0 Å². The lowest BCUT2D eigenvalue weighted by Crippen LogP contribution is -2.39. The van der Waals surface area contributed by atoms with Crippen LogP contribution in [0.5, 0.6) is 5.75 Å². The maximum Gasteiger partial charge on any atom is 0.291 e. The molecule has 3 N–H and O–H groups in total. The molecular formula is C19H23N3O4. The number of anilines is 1. The fourth-order valence-corrected chi connectivity index (χ4v) is 2.82. The van der Waals surface area contributed by atoms with Crippen molar-refractivity contribution in [1.29, 1.82) is 0 Å². The average Bonchev–Trinajstić information content (AvgIpc) is 3.21. The number of piperidine rings is 1. The van der Waals surface area contributed by atoms with Crippen molar-refractivity contribution in [2.24, 2.45) is 5.92 Å². The van der Waals surface area contributed by atoms with Gasteiger partial charge in [0.1, 0.15) is 5.75 Å². The Labute approximate surface area is 152 Å². The quantitative estimate of drug-likeness (QED) is 0.705. The molecule has 1 saturated heterocycles. The third-order valence-electron chi connectivity index (χ3n) is 4.19. The molecule has 0 bridgehead atoms. The molecule has 2 heterocycles. The van der Waals surface area contributed by atoms with Gasteiger partial charge in [0.2, 0.25) is 0 Å². The number of nitrogens with one attached hydrogen (secondary N) is 3. The number of hydrogen-bond donors (Lipinski definition) is 3. The van der Waals surface area contributed by atoms with Crippen LogP contribution in [-0.4, -0.2) is 38.1 Å². The zero-order chi connectivity index (χ0) is 18.2. The standard InChI is InChI=1S/C19H23N3O4/c23-18(21-12-14-4-2-8-20-11-14)13-26-16-6-1-5-15(10-16)22-19(24)17-7-3-9-25-17/h1,3,5-7,9-10,14,20H,2,4,8,11-13H2,(H,21,23)(H,22,24). The minimum absolute atomic E-state index is 0.0598. The monoisotopic (exact) mass is 357 g/mol. The van der Waals surface area contributed by atoms with E-state index in [9.17, 15) is 9.59 Å². The molecule has 7 nitrogen and oxygen atoms in total. The van der Waals surface area contributed by atoms with Crippen LogP contribution in [0.15, 0.2) is 47.1 Å². The molecule has 1 atom stereocenters. The summed E-state index contributed by atoms with van der Waals surface area (Å²) in [5.74, 6) is 0.726. The van der Waals surface area contributed by atoms with E-state index in [1.165, 1.54) is 6.26 Å². The lowest BCUT2D eigenvalue weighted by Gasteiger charge is -2.22. The van der Waals surface area contributed by atoms with Gasteiger partial charge in [0.25, 0.3) is 11.8 Å². The van der Waals surface area contributed by atoms with Crippen LogP contribution in [0.3, 0.4) is 0 Å². The maximum absolute atomic E-state index is 12.0. The van der Waals surface area contributed by atoms with Crippen LogP contribution < -0.4 is 20.7 Å². The van der Waals surface area contributed by atoms with Gasteiger partial charge in [-0.1, -0.05) is 6.07 Å². The van der Waals surface area contributed by atoms with Gasteiger partial charge in [-0.3, -0.25) is 9.59 Å². The maximum atomic E-state index is 12.0. The fraction of sp³-hybridized carbons (Fsp3) is 0.368. The normalized spacial score (nSPS) is 16.7. The summed E-state index contributed by atoms with van der Waals surface area (Å²) in [5.41, 5.74) is 0.567. The number of benzene rings is 1. The Kier molecular flexibility index (Phi) is 6.27. The third kappa shape index (κ3) is 5.35. The molecule has 26 heavy (non-hydrogen) atoms. The molecule has 1 aromatic heterocycles. The Hall–Kier alpha value is -2.80. The van der Waals surface area contributed by atoms with Gasteiger partial charge in [-0.2, -0.15) is 0 Å². The Morgan fingerprint density at radius 3 is 2.96 bits per heavy atom. The van der Waals surface area contributed by atoms with Crippen molar-refractivity contribution in [2.45, 2.75) is 12.8 Å². The van der Waals surface area contributed by atoms with E-state index < -0.39 is 0 Å². The van der Waals surface area contributed by atoms with Crippen LogP contribution in [0, 0.1) is 5.92 Å². The number of furan rings is 1. The average molecular weight is 357 g/mol. The van der Waals surface area contributed by atoms with E-state index in [0.29, 0.717) is 23.9 Å². The molecule has 7 heteroatoms. The predicted octanol–water partition coefficient (Wildman–Crippen LogP) is 2.03. The second-order valence-corrected chi connectivity index (χ2v) is 6.26.